The van der Waals surface area contributed by atoms with Gasteiger partial charge in [0.15, 0.2) is 0 Å². The molecule has 0 saturated carbocycles. The zero-order valence-electron chi connectivity index (χ0n) is 12.7. The normalized spacial score (nSPS) is 15.9. The monoisotopic (exact) mass is 307 g/mol. The van der Waals surface area contributed by atoms with E-state index in [2.05, 4.69) is 22.5 Å². The Labute approximate surface area is 131 Å². The van der Waals surface area contributed by atoms with Gasteiger partial charge >= 0.3 is 0 Å². The molecule has 1 aromatic rings. The number of rotatable bonds is 7. The smallest absolute Gasteiger partial charge is 0.251 e. The fourth-order valence-electron chi connectivity index (χ4n) is 2.34. The Hall–Kier alpha value is -1.04. The fraction of sp³-hybridized carbons (Fsp3) is 0.562. The molecule has 0 spiro atoms. The molecule has 1 fully saturated rings. The Morgan fingerprint density at radius 3 is 2.67 bits per heavy atom. The molecule has 5 heteroatoms. The minimum Gasteiger partial charge on any atom is -0.351 e. The van der Waals surface area contributed by atoms with Crippen molar-refractivity contribution < 1.29 is 4.79 Å². The lowest BCUT2D eigenvalue weighted by Gasteiger charge is -2.27. The first-order valence-corrected chi connectivity index (χ1v) is 8.83. The maximum absolute atomic E-state index is 12.1. The summed E-state index contributed by atoms with van der Waals surface area (Å²) in [4.78, 5) is 14.4. The van der Waals surface area contributed by atoms with Crippen LogP contribution in [0.3, 0.4) is 0 Å². The van der Waals surface area contributed by atoms with E-state index >= 15 is 0 Å². The average molecular weight is 307 g/mol. The van der Waals surface area contributed by atoms with Gasteiger partial charge in [-0.25, -0.2) is 0 Å². The molecule has 1 saturated heterocycles. The first kappa shape index (κ1) is 16.3. The van der Waals surface area contributed by atoms with Crippen LogP contribution in [0.25, 0.3) is 0 Å². The van der Waals surface area contributed by atoms with Crippen LogP contribution < -0.4 is 10.6 Å². The highest BCUT2D eigenvalue weighted by Crippen LogP contribution is 2.12. The van der Waals surface area contributed by atoms with Gasteiger partial charge in [-0.05, 0) is 23.4 Å². The summed E-state index contributed by atoms with van der Waals surface area (Å²) in [5, 5.41) is 6.33. The van der Waals surface area contributed by atoms with Gasteiger partial charge in [0.05, 0.1) is 0 Å². The first-order valence-electron chi connectivity index (χ1n) is 7.67. The highest BCUT2D eigenvalue weighted by molar-refractivity contribution is 7.98. The zero-order chi connectivity index (χ0) is 14.9. The second-order valence-corrected chi connectivity index (χ2v) is 6.46. The standard InChI is InChI=1S/C16H25N3OS/c1-2-21-13-14-3-5-15(6-4-14)16(20)18-9-12-19-10-7-17-8-11-19/h3-6,17H,2,7-13H2,1H3,(H,18,20). The van der Waals surface area contributed by atoms with Crippen LogP contribution in [0.5, 0.6) is 0 Å². The zero-order valence-corrected chi connectivity index (χ0v) is 13.5. The summed E-state index contributed by atoms with van der Waals surface area (Å²) in [6.07, 6.45) is 0. The van der Waals surface area contributed by atoms with Gasteiger partial charge in [0.2, 0.25) is 0 Å². The summed E-state index contributed by atoms with van der Waals surface area (Å²) < 4.78 is 0. The van der Waals surface area contributed by atoms with E-state index in [1.54, 1.807) is 0 Å². The lowest BCUT2D eigenvalue weighted by Crippen LogP contribution is -2.46. The Bertz CT molecular complexity index is 430. The molecular weight excluding hydrogens is 282 g/mol. The minimum atomic E-state index is 0.0276. The fourth-order valence-corrected chi connectivity index (χ4v) is 2.97. The lowest BCUT2D eigenvalue weighted by molar-refractivity contribution is 0.0947. The largest absolute Gasteiger partial charge is 0.351 e. The molecule has 4 nitrogen and oxygen atoms in total. The number of amides is 1. The summed E-state index contributed by atoms with van der Waals surface area (Å²) in [5.74, 6) is 2.16. The molecule has 2 N–H and O–H groups in total. The van der Waals surface area contributed by atoms with Crippen molar-refractivity contribution in [2.75, 3.05) is 45.0 Å². The predicted molar refractivity (Wildman–Crippen MR) is 89.9 cm³/mol. The van der Waals surface area contributed by atoms with Crippen molar-refractivity contribution in [1.82, 2.24) is 15.5 Å². The average Bonchev–Trinajstić information content (AvgIpc) is 2.54. The Balaban J connectivity index is 1.72. The van der Waals surface area contributed by atoms with Gasteiger partial charge in [-0.2, -0.15) is 11.8 Å². The van der Waals surface area contributed by atoms with Gasteiger partial charge in [0, 0.05) is 50.6 Å². The lowest BCUT2D eigenvalue weighted by atomic mass is 10.1. The number of hydrogen-bond donors (Lipinski definition) is 2. The Morgan fingerprint density at radius 1 is 1.29 bits per heavy atom. The topological polar surface area (TPSA) is 44.4 Å². The quantitative estimate of drug-likeness (QED) is 0.803. The molecule has 0 aromatic heterocycles. The van der Waals surface area contributed by atoms with E-state index in [1.165, 1.54) is 5.56 Å². The molecule has 0 atom stereocenters. The molecule has 1 aliphatic heterocycles. The molecule has 1 aliphatic rings. The van der Waals surface area contributed by atoms with E-state index in [0.29, 0.717) is 6.54 Å². The van der Waals surface area contributed by atoms with Crippen molar-refractivity contribution in [1.29, 1.82) is 0 Å². The maximum atomic E-state index is 12.1. The minimum absolute atomic E-state index is 0.0276. The first-order chi connectivity index (χ1) is 10.3. The summed E-state index contributed by atoms with van der Waals surface area (Å²) in [6.45, 7) is 8.03. The Kier molecular flexibility index (Phi) is 7.06. The second kappa shape index (κ2) is 9.07. The number of carbonyl (C=O) groups excluding carboxylic acids is 1. The third kappa shape index (κ3) is 5.69. The molecule has 21 heavy (non-hydrogen) atoms. The van der Waals surface area contributed by atoms with E-state index in [4.69, 9.17) is 0 Å². The number of nitrogens with one attached hydrogen (secondary N) is 2. The number of thioether (sulfide) groups is 1. The SMILES string of the molecule is CCSCc1ccc(C(=O)NCCN2CCNCC2)cc1. The molecule has 0 aliphatic carbocycles. The third-order valence-corrected chi connectivity index (χ3v) is 4.56. The highest BCUT2D eigenvalue weighted by Gasteiger charge is 2.10. The van der Waals surface area contributed by atoms with Gasteiger partial charge in [-0.3, -0.25) is 9.69 Å². The highest BCUT2D eigenvalue weighted by atomic mass is 32.2. The van der Waals surface area contributed by atoms with Crippen molar-refractivity contribution in [2.24, 2.45) is 0 Å². The van der Waals surface area contributed by atoms with E-state index in [9.17, 15) is 4.79 Å². The van der Waals surface area contributed by atoms with Crippen LogP contribution in [0, 0.1) is 0 Å². The van der Waals surface area contributed by atoms with Crippen LogP contribution >= 0.6 is 11.8 Å². The molecule has 1 amide bonds. The van der Waals surface area contributed by atoms with Crippen LogP contribution in [-0.4, -0.2) is 55.8 Å². The molecule has 1 heterocycles. The van der Waals surface area contributed by atoms with E-state index in [-0.39, 0.29) is 5.91 Å². The van der Waals surface area contributed by atoms with Crippen molar-refractivity contribution >= 4 is 17.7 Å². The van der Waals surface area contributed by atoms with Crippen LogP contribution in [0.1, 0.15) is 22.8 Å². The molecule has 0 unspecified atom stereocenters. The second-order valence-electron chi connectivity index (χ2n) is 5.18. The van der Waals surface area contributed by atoms with Gasteiger partial charge in [0.25, 0.3) is 5.91 Å². The van der Waals surface area contributed by atoms with Gasteiger partial charge in [0.1, 0.15) is 0 Å². The van der Waals surface area contributed by atoms with Gasteiger partial charge < -0.3 is 10.6 Å². The molecule has 0 bridgehead atoms. The number of hydrogen-bond acceptors (Lipinski definition) is 4. The summed E-state index contributed by atoms with van der Waals surface area (Å²) in [6, 6.07) is 7.94. The van der Waals surface area contributed by atoms with Crippen LogP contribution in [0.15, 0.2) is 24.3 Å². The number of piperazine rings is 1. The van der Waals surface area contributed by atoms with Crippen LogP contribution in [-0.2, 0) is 5.75 Å². The van der Waals surface area contributed by atoms with E-state index in [1.807, 2.05) is 36.0 Å². The van der Waals surface area contributed by atoms with Crippen LogP contribution in [0.2, 0.25) is 0 Å². The van der Waals surface area contributed by atoms with E-state index in [0.717, 1.165) is 49.8 Å². The van der Waals surface area contributed by atoms with Gasteiger partial charge in [-0.15, -0.1) is 0 Å². The van der Waals surface area contributed by atoms with Crippen molar-refractivity contribution in [3.8, 4) is 0 Å². The maximum Gasteiger partial charge on any atom is 0.251 e. The number of carbonyl (C=O) groups is 1. The summed E-state index contributed by atoms with van der Waals surface area (Å²) in [5.41, 5.74) is 2.03. The number of benzene rings is 1. The summed E-state index contributed by atoms with van der Waals surface area (Å²) >= 11 is 1.89. The molecule has 0 radical (unpaired) electrons. The van der Waals surface area contributed by atoms with Crippen molar-refractivity contribution in [3.05, 3.63) is 35.4 Å². The summed E-state index contributed by atoms with van der Waals surface area (Å²) in [7, 11) is 0. The van der Waals surface area contributed by atoms with Gasteiger partial charge in [-0.1, -0.05) is 19.1 Å². The Morgan fingerprint density at radius 2 is 2.00 bits per heavy atom. The predicted octanol–water partition coefficient (Wildman–Crippen LogP) is 1.57. The molecule has 116 valence electrons. The molecular formula is C16H25N3OS. The van der Waals surface area contributed by atoms with Crippen molar-refractivity contribution in [2.45, 2.75) is 12.7 Å². The number of nitrogens with zero attached hydrogens (tertiary/aromatic N) is 1. The molecule has 2 rings (SSSR count). The van der Waals surface area contributed by atoms with E-state index < -0.39 is 0 Å². The molecule has 1 aromatic carbocycles. The third-order valence-electron chi connectivity index (χ3n) is 3.61. The van der Waals surface area contributed by atoms with Crippen LogP contribution in [0.4, 0.5) is 0 Å². The van der Waals surface area contributed by atoms with Crippen molar-refractivity contribution in [3.63, 3.8) is 0 Å².